The van der Waals surface area contributed by atoms with Gasteiger partial charge >= 0.3 is 0 Å². The summed E-state index contributed by atoms with van der Waals surface area (Å²) in [5, 5.41) is 10.8. The van der Waals surface area contributed by atoms with Gasteiger partial charge in [-0.3, -0.25) is 9.00 Å². The van der Waals surface area contributed by atoms with Crippen LogP contribution in [-0.4, -0.2) is 21.1 Å². The Kier molecular flexibility index (Phi) is 5.71. The molecule has 0 radical (unpaired) electrons. The highest BCUT2D eigenvalue weighted by Crippen LogP contribution is 2.11. The fourth-order valence-corrected chi connectivity index (χ4v) is 2.71. The maximum atomic E-state index is 11.9. The van der Waals surface area contributed by atoms with Crippen LogP contribution in [0.4, 0.5) is 5.69 Å². The Labute approximate surface area is 116 Å². The molecular formula is C14H18N2O2S. The second-order valence-electron chi connectivity index (χ2n) is 4.76. The molecule has 1 rings (SSSR count). The molecule has 1 aromatic rings. The minimum absolute atomic E-state index is 0.260. The number of benzene rings is 1. The van der Waals surface area contributed by atoms with Crippen LogP contribution in [0.5, 0.6) is 0 Å². The molecule has 0 heterocycles. The molecule has 4 nitrogen and oxygen atoms in total. The first kappa shape index (κ1) is 15.4. The zero-order valence-corrected chi connectivity index (χ0v) is 12.2. The van der Waals surface area contributed by atoms with E-state index in [0.717, 1.165) is 0 Å². The predicted molar refractivity (Wildman–Crippen MR) is 77.1 cm³/mol. The summed E-state index contributed by atoms with van der Waals surface area (Å²) in [6.45, 7) is 5.61. The van der Waals surface area contributed by atoms with E-state index in [9.17, 15) is 9.00 Å². The SMILES string of the molecule is CC(C)CS(=O)C(C)C(=O)Nc1ccc(C#N)cc1. The molecule has 1 aromatic carbocycles. The summed E-state index contributed by atoms with van der Waals surface area (Å²) in [5.41, 5.74) is 1.15. The van der Waals surface area contributed by atoms with Crippen molar-refractivity contribution in [2.45, 2.75) is 26.0 Å². The second-order valence-corrected chi connectivity index (χ2v) is 6.56. The van der Waals surface area contributed by atoms with Crippen molar-refractivity contribution in [3.8, 4) is 6.07 Å². The van der Waals surface area contributed by atoms with E-state index in [-0.39, 0.29) is 5.91 Å². The number of amides is 1. The molecule has 0 bridgehead atoms. The zero-order valence-electron chi connectivity index (χ0n) is 11.3. The monoisotopic (exact) mass is 278 g/mol. The topological polar surface area (TPSA) is 70.0 Å². The Morgan fingerprint density at radius 1 is 1.32 bits per heavy atom. The van der Waals surface area contributed by atoms with Crippen LogP contribution < -0.4 is 5.32 Å². The molecule has 19 heavy (non-hydrogen) atoms. The van der Waals surface area contributed by atoms with Crippen molar-refractivity contribution in [1.82, 2.24) is 0 Å². The van der Waals surface area contributed by atoms with E-state index in [1.807, 2.05) is 19.9 Å². The molecule has 0 saturated heterocycles. The minimum Gasteiger partial charge on any atom is -0.325 e. The van der Waals surface area contributed by atoms with Gasteiger partial charge in [-0.1, -0.05) is 13.8 Å². The van der Waals surface area contributed by atoms with Crippen LogP contribution in [0, 0.1) is 17.2 Å². The molecule has 0 saturated carbocycles. The van der Waals surface area contributed by atoms with E-state index in [1.165, 1.54) is 0 Å². The summed E-state index contributed by atoms with van der Waals surface area (Å²) < 4.78 is 11.9. The number of rotatable bonds is 5. The lowest BCUT2D eigenvalue weighted by Crippen LogP contribution is -2.31. The van der Waals surface area contributed by atoms with Crippen molar-refractivity contribution in [2.24, 2.45) is 5.92 Å². The largest absolute Gasteiger partial charge is 0.325 e. The van der Waals surface area contributed by atoms with Crippen molar-refractivity contribution >= 4 is 22.4 Å². The van der Waals surface area contributed by atoms with Gasteiger partial charge in [-0.2, -0.15) is 5.26 Å². The molecular weight excluding hydrogens is 260 g/mol. The first-order chi connectivity index (χ1) is 8.93. The van der Waals surface area contributed by atoms with Crippen molar-refractivity contribution in [3.05, 3.63) is 29.8 Å². The summed E-state index contributed by atoms with van der Waals surface area (Å²) >= 11 is 0. The Bertz CT molecular complexity index is 503. The molecule has 2 unspecified atom stereocenters. The smallest absolute Gasteiger partial charge is 0.239 e. The number of carbonyl (C=O) groups is 1. The third-order valence-corrected chi connectivity index (χ3v) is 4.54. The summed E-state index contributed by atoms with van der Waals surface area (Å²) in [6, 6.07) is 8.59. The molecule has 5 heteroatoms. The van der Waals surface area contributed by atoms with E-state index >= 15 is 0 Å². The normalized spacial score (nSPS) is 13.6. The van der Waals surface area contributed by atoms with Crippen LogP contribution in [0.3, 0.4) is 0 Å². The Morgan fingerprint density at radius 2 is 1.89 bits per heavy atom. The van der Waals surface area contributed by atoms with Crippen LogP contribution in [0.25, 0.3) is 0 Å². The van der Waals surface area contributed by atoms with E-state index in [2.05, 4.69) is 5.32 Å². The lowest BCUT2D eigenvalue weighted by molar-refractivity contribution is -0.115. The van der Waals surface area contributed by atoms with Gasteiger partial charge < -0.3 is 5.32 Å². The van der Waals surface area contributed by atoms with Crippen molar-refractivity contribution < 1.29 is 9.00 Å². The molecule has 102 valence electrons. The first-order valence-electron chi connectivity index (χ1n) is 6.12. The van der Waals surface area contributed by atoms with Gasteiger partial charge in [0.15, 0.2) is 0 Å². The summed E-state index contributed by atoms with van der Waals surface area (Å²) in [7, 11) is -1.17. The van der Waals surface area contributed by atoms with Crippen LogP contribution >= 0.6 is 0 Å². The number of hydrogen-bond donors (Lipinski definition) is 1. The molecule has 1 N–H and O–H groups in total. The number of nitrogens with zero attached hydrogens (tertiary/aromatic N) is 1. The number of anilines is 1. The molecule has 0 aliphatic heterocycles. The lowest BCUT2D eigenvalue weighted by Gasteiger charge is -2.13. The first-order valence-corrected chi connectivity index (χ1v) is 7.50. The van der Waals surface area contributed by atoms with Gasteiger partial charge in [0.2, 0.25) is 5.91 Å². The number of hydrogen-bond acceptors (Lipinski definition) is 3. The third-order valence-electron chi connectivity index (χ3n) is 2.54. The predicted octanol–water partition coefficient (Wildman–Crippen LogP) is 2.29. The Balaban J connectivity index is 2.63. The van der Waals surface area contributed by atoms with Crippen LogP contribution in [0.2, 0.25) is 0 Å². The van der Waals surface area contributed by atoms with Gasteiger partial charge in [0, 0.05) is 22.2 Å². The van der Waals surface area contributed by atoms with Crippen LogP contribution in [-0.2, 0) is 15.6 Å². The number of nitriles is 1. The molecule has 0 aliphatic carbocycles. The highest BCUT2D eigenvalue weighted by molar-refractivity contribution is 7.86. The highest BCUT2D eigenvalue weighted by Gasteiger charge is 2.20. The van der Waals surface area contributed by atoms with E-state index in [0.29, 0.717) is 22.9 Å². The molecule has 1 amide bonds. The maximum absolute atomic E-state index is 11.9. The van der Waals surface area contributed by atoms with Gasteiger partial charge in [0.05, 0.1) is 11.6 Å². The third kappa shape index (κ3) is 4.84. The molecule has 2 atom stereocenters. The van der Waals surface area contributed by atoms with Crippen molar-refractivity contribution in [3.63, 3.8) is 0 Å². The average molecular weight is 278 g/mol. The summed E-state index contributed by atoms with van der Waals surface area (Å²) in [5.74, 6) is 0.553. The maximum Gasteiger partial charge on any atom is 0.239 e. The molecule has 0 fully saturated rings. The van der Waals surface area contributed by atoms with Crippen molar-refractivity contribution in [2.75, 3.05) is 11.1 Å². The van der Waals surface area contributed by atoms with Gasteiger partial charge in [-0.25, -0.2) is 0 Å². The molecule has 0 aromatic heterocycles. The fourth-order valence-electron chi connectivity index (χ4n) is 1.46. The van der Waals surface area contributed by atoms with Gasteiger partial charge in [0.1, 0.15) is 5.25 Å². The Hall–Kier alpha value is -1.67. The standard InChI is InChI=1S/C14H18N2O2S/c1-10(2)9-19(18)11(3)14(17)16-13-6-4-12(8-15)5-7-13/h4-7,10-11H,9H2,1-3H3,(H,16,17). The molecule has 0 aliphatic rings. The number of nitrogens with one attached hydrogen (secondary N) is 1. The van der Waals surface area contributed by atoms with Crippen molar-refractivity contribution in [1.29, 1.82) is 5.26 Å². The lowest BCUT2D eigenvalue weighted by atomic mass is 10.2. The fraction of sp³-hybridized carbons (Fsp3) is 0.429. The quantitative estimate of drug-likeness (QED) is 0.898. The second kappa shape index (κ2) is 7.05. The van der Waals surface area contributed by atoms with Crippen LogP contribution in [0.1, 0.15) is 26.3 Å². The van der Waals surface area contributed by atoms with E-state index in [1.54, 1.807) is 31.2 Å². The summed E-state index contributed by atoms with van der Waals surface area (Å²) in [6.07, 6.45) is 0. The average Bonchev–Trinajstić information content (AvgIpc) is 2.37. The van der Waals surface area contributed by atoms with E-state index < -0.39 is 16.0 Å². The van der Waals surface area contributed by atoms with Gasteiger partial charge in [-0.05, 0) is 37.1 Å². The highest BCUT2D eigenvalue weighted by atomic mass is 32.2. The van der Waals surface area contributed by atoms with Gasteiger partial charge in [0.25, 0.3) is 0 Å². The zero-order chi connectivity index (χ0) is 14.4. The van der Waals surface area contributed by atoms with E-state index in [4.69, 9.17) is 5.26 Å². The Morgan fingerprint density at radius 3 is 2.37 bits per heavy atom. The van der Waals surface area contributed by atoms with Gasteiger partial charge in [-0.15, -0.1) is 0 Å². The molecule has 0 spiro atoms. The van der Waals surface area contributed by atoms with Crippen LogP contribution in [0.15, 0.2) is 24.3 Å². The summed E-state index contributed by atoms with van der Waals surface area (Å²) in [4.78, 5) is 11.9. The number of carbonyl (C=O) groups excluding carboxylic acids is 1. The minimum atomic E-state index is -1.17.